The molecule has 3 heterocycles. The summed E-state index contributed by atoms with van der Waals surface area (Å²) in [4.78, 5) is 3.92. The molecule has 0 bridgehead atoms. The Bertz CT molecular complexity index is 1090. The fourth-order valence-electron chi connectivity index (χ4n) is 3.13. The quantitative estimate of drug-likeness (QED) is 0.419. The van der Waals surface area contributed by atoms with Crippen LogP contribution < -0.4 is 10.3 Å². The summed E-state index contributed by atoms with van der Waals surface area (Å²) in [5, 5.41) is 25.2. The van der Waals surface area contributed by atoms with Gasteiger partial charge in [-0.25, -0.2) is 18.5 Å². The Morgan fingerprint density at radius 2 is 2.03 bits per heavy atom. The average Bonchev–Trinajstić information content (AvgIpc) is 3.24. The minimum Gasteiger partial charge on any atom is -0.476 e. The highest BCUT2D eigenvalue weighted by molar-refractivity contribution is 7.33. The predicted molar refractivity (Wildman–Crippen MR) is 102 cm³/mol. The first-order valence-electron chi connectivity index (χ1n) is 8.61. The second kappa shape index (κ2) is 7.32. The molecule has 0 amide bonds. The van der Waals surface area contributed by atoms with Crippen molar-refractivity contribution in [1.29, 1.82) is 0 Å². The standard InChI is InChI=1S/C18H18N4O6P/c1-18(14-8-7-12-17(19)20-10-21-22(12)14)16(24)15(23)13(27-18)9-26-29(25)28-11-5-3-2-4-6-11/h2-10,15-16,23-24H,1H3,(H2,19,20,21)/q+1/b13-9+/t15-,16-,18+/m1/s1. The van der Waals surface area contributed by atoms with E-state index < -0.39 is 26.1 Å². The van der Waals surface area contributed by atoms with E-state index >= 15 is 0 Å². The highest BCUT2D eigenvalue weighted by Crippen LogP contribution is 2.42. The van der Waals surface area contributed by atoms with E-state index in [9.17, 15) is 14.8 Å². The van der Waals surface area contributed by atoms with Crippen molar-refractivity contribution in [3.05, 3.63) is 66.5 Å². The average molecular weight is 417 g/mol. The highest BCUT2D eigenvalue weighted by atomic mass is 31.1. The van der Waals surface area contributed by atoms with Gasteiger partial charge in [0.15, 0.2) is 29.2 Å². The van der Waals surface area contributed by atoms with E-state index in [0.717, 1.165) is 6.26 Å². The number of ether oxygens (including phenoxy) is 1. The van der Waals surface area contributed by atoms with E-state index in [1.807, 2.05) is 0 Å². The van der Waals surface area contributed by atoms with Crippen LogP contribution >= 0.6 is 8.25 Å². The van der Waals surface area contributed by atoms with E-state index in [0.29, 0.717) is 17.0 Å². The Balaban J connectivity index is 1.56. The molecule has 1 unspecified atom stereocenters. The summed E-state index contributed by atoms with van der Waals surface area (Å²) in [5.74, 6) is 0.524. The zero-order valence-corrected chi connectivity index (χ0v) is 16.1. The zero-order chi connectivity index (χ0) is 20.6. The van der Waals surface area contributed by atoms with Crippen LogP contribution in [0.1, 0.15) is 12.6 Å². The number of nitrogen functional groups attached to an aromatic ring is 1. The molecule has 2 aromatic heterocycles. The topological polar surface area (TPSA) is 141 Å². The molecular formula is C18H18N4O6P+. The largest absolute Gasteiger partial charge is 0.805 e. The number of hydrogen-bond donors (Lipinski definition) is 3. The zero-order valence-electron chi connectivity index (χ0n) is 15.2. The molecule has 4 rings (SSSR count). The van der Waals surface area contributed by atoms with Crippen LogP contribution in [0.25, 0.3) is 5.52 Å². The molecule has 150 valence electrons. The van der Waals surface area contributed by atoms with Crippen molar-refractivity contribution in [2.45, 2.75) is 24.7 Å². The van der Waals surface area contributed by atoms with Crippen molar-refractivity contribution in [3.63, 3.8) is 0 Å². The first-order valence-corrected chi connectivity index (χ1v) is 9.70. The molecule has 1 aliphatic rings. The fourth-order valence-corrected chi connectivity index (χ4v) is 3.66. The number of nitrogens with zero attached hydrogens (tertiary/aromatic N) is 3. The lowest BCUT2D eigenvalue weighted by atomic mass is 9.94. The van der Waals surface area contributed by atoms with Crippen molar-refractivity contribution < 1.29 is 28.6 Å². The number of nitrogens with two attached hydrogens (primary N) is 1. The number of aromatic nitrogens is 3. The lowest BCUT2D eigenvalue weighted by Gasteiger charge is -2.26. The number of para-hydroxylation sites is 1. The SMILES string of the molecule is C[C@@]1(c2ccc3c(N)ncnn23)O/C(=C/O[P+](=O)Oc2ccccc2)[C@@H](O)[C@H]1O. The van der Waals surface area contributed by atoms with E-state index in [2.05, 4.69) is 10.1 Å². The highest BCUT2D eigenvalue weighted by Gasteiger charge is 2.52. The number of fused-ring (bicyclic) bond motifs is 1. The van der Waals surface area contributed by atoms with Crippen LogP contribution in [-0.2, 0) is 19.4 Å². The van der Waals surface area contributed by atoms with Gasteiger partial charge in [0, 0.05) is 4.57 Å². The summed E-state index contributed by atoms with van der Waals surface area (Å²) in [6.45, 7) is 1.59. The number of aliphatic hydroxyl groups is 2. The Labute approximate surface area is 166 Å². The van der Waals surface area contributed by atoms with E-state index in [-0.39, 0.29) is 11.6 Å². The Hall–Kier alpha value is -3.20. The first kappa shape index (κ1) is 19.1. The Morgan fingerprint density at radius 3 is 2.79 bits per heavy atom. The minimum absolute atomic E-state index is 0.100. The van der Waals surface area contributed by atoms with Crippen LogP contribution in [0.2, 0.25) is 0 Å². The fraction of sp³-hybridized carbons (Fsp3) is 0.222. The molecule has 11 heteroatoms. The summed E-state index contributed by atoms with van der Waals surface area (Å²) in [5.41, 5.74) is 5.45. The number of benzene rings is 1. The van der Waals surface area contributed by atoms with E-state index in [1.165, 1.54) is 10.8 Å². The summed E-state index contributed by atoms with van der Waals surface area (Å²) in [7, 11) is -2.56. The van der Waals surface area contributed by atoms with Gasteiger partial charge in [0.1, 0.15) is 24.1 Å². The monoisotopic (exact) mass is 417 g/mol. The van der Waals surface area contributed by atoms with Crippen molar-refractivity contribution in [2.24, 2.45) is 0 Å². The molecule has 10 nitrogen and oxygen atoms in total. The van der Waals surface area contributed by atoms with Crippen LogP contribution in [0.15, 0.2) is 60.8 Å². The van der Waals surface area contributed by atoms with Gasteiger partial charge < -0.3 is 20.7 Å². The third kappa shape index (κ3) is 3.38. The number of hydrogen-bond acceptors (Lipinski definition) is 9. The molecule has 0 spiro atoms. The Kier molecular flexibility index (Phi) is 4.83. The van der Waals surface area contributed by atoms with Crippen LogP contribution in [0.4, 0.5) is 5.82 Å². The molecule has 0 aliphatic carbocycles. The molecular weight excluding hydrogens is 399 g/mol. The molecule has 1 saturated heterocycles. The lowest BCUT2D eigenvalue weighted by molar-refractivity contribution is -0.0516. The van der Waals surface area contributed by atoms with Crippen molar-refractivity contribution in [3.8, 4) is 5.75 Å². The minimum atomic E-state index is -2.56. The second-order valence-corrected chi connectivity index (χ2v) is 7.35. The van der Waals surface area contributed by atoms with Gasteiger partial charge in [0.2, 0.25) is 0 Å². The smallest absolute Gasteiger partial charge is 0.476 e. The van der Waals surface area contributed by atoms with E-state index in [4.69, 9.17) is 19.5 Å². The first-order chi connectivity index (χ1) is 13.9. The maximum absolute atomic E-state index is 12.0. The summed E-state index contributed by atoms with van der Waals surface area (Å²) in [6.07, 6.45) is -0.511. The molecule has 1 aliphatic heterocycles. The molecule has 1 fully saturated rings. The number of rotatable bonds is 5. The number of aliphatic hydroxyl groups excluding tert-OH is 2. The predicted octanol–water partition coefficient (Wildman–Crippen LogP) is 1.87. The van der Waals surface area contributed by atoms with Gasteiger partial charge in [-0.3, -0.25) is 0 Å². The van der Waals surface area contributed by atoms with Crippen LogP contribution in [0.3, 0.4) is 0 Å². The summed E-state index contributed by atoms with van der Waals surface area (Å²) < 4.78 is 29.4. The summed E-state index contributed by atoms with van der Waals surface area (Å²) >= 11 is 0. The van der Waals surface area contributed by atoms with Gasteiger partial charge in [0.05, 0.1) is 5.69 Å². The van der Waals surface area contributed by atoms with Crippen molar-refractivity contribution >= 4 is 19.6 Å². The van der Waals surface area contributed by atoms with Crippen LogP contribution in [0.5, 0.6) is 5.75 Å². The van der Waals surface area contributed by atoms with Crippen molar-refractivity contribution in [2.75, 3.05) is 5.73 Å². The van der Waals surface area contributed by atoms with Gasteiger partial charge in [-0.05, 0) is 31.2 Å². The molecule has 29 heavy (non-hydrogen) atoms. The van der Waals surface area contributed by atoms with Gasteiger partial charge in [-0.1, -0.05) is 18.2 Å². The number of anilines is 1. The van der Waals surface area contributed by atoms with Crippen LogP contribution in [0, 0.1) is 0 Å². The van der Waals surface area contributed by atoms with Gasteiger partial charge >= 0.3 is 8.25 Å². The molecule has 1 aromatic carbocycles. The lowest BCUT2D eigenvalue weighted by Crippen LogP contribution is -2.39. The Morgan fingerprint density at radius 1 is 1.28 bits per heavy atom. The van der Waals surface area contributed by atoms with E-state index in [1.54, 1.807) is 49.4 Å². The molecule has 4 atom stereocenters. The van der Waals surface area contributed by atoms with Gasteiger partial charge in [-0.2, -0.15) is 5.10 Å². The molecule has 4 N–H and O–H groups in total. The third-order valence-electron chi connectivity index (χ3n) is 4.65. The summed E-state index contributed by atoms with van der Waals surface area (Å²) in [6, 6.07) is 11.8. The van der Waals surface area contributed by atoms with Crippen molar-refractivity contribution in [1.82, 2.24) is 14.6 Å². The maximum Gasteiger partial charge on any atom is 0.805 e. The molecule has 0 saturated carbocycles. The van der Waals surface area contributed by atoms with Gasteiger partial charge in [-0.15, -0.1) is 0 Å². The van der Waals surface area contributed by atoms with Gasteiger partial charge in [0.25, 0.3) is 0 Å². The molecule has 0 radical (unpaired) electrons. The maximum atomic E-state index is 12.0. The third-order valence-corrected chi connectivity index (χ3v) is 5.29. The second-order valence-electron chi connectivity index (χ2n) is 6.51. The normalized spacial score (nSPS) is 25.8. The molecule has 3 aromatic rings. The van der Waals surface area contributed by atoms with Crippen LogP contribution in [-0.4, -0.2) is 37.0 Å².